The number of fused-ring (bicyclic) bond motifs is 3. The minimum Gasteiger partial charge on any atom is -0.426 e. The topological polar surface area (TPSA) is 32.8 Å². The lowest BCUT2D eigenvalue weighted by Crippen LogP contribution is -2.46. The van der Waals surface area contributed by atoms with Crippen LogP contribution in [0, 0.1) is 23.2 Å². The van der Waals surface area contributed by atoms with E-state index in [1.165, 1.54) is 74.3 Å². The second-order valence-corrected chi connectivity index (χ2v) is 17.5. The van der Waals surface area contributed by atoms with E-state index in [0.29, 0.717) is 47.1 Å². The fourth-order valence-electron chi connectivity index (χ4n) is 8.99. The normalized spacial score (nSPS) is 24.2. The van der Waals surface area contributed by atoms with Crippen LogP contribution in [0.1, 0.15) is 121 Å². The molecule has 1 saturated heterocycles. The maximum Gasteiger partial charge on any atom is 0.453 e. The van der Waals surface area contributed by atoms with Crippen LogP contribution in [0.4, 0.5) is 22.0 Å². The number of benzene rings is 1. The van der Waals surface area contributed by atoms with E-state index in [4.69, 9.17) is 4.74 Å². The molecule has 1 aromatic carbocycles. The first-order chi connectivity index (χ1) is 24.2. The van der Waals surface area contributed by atoms with Crippen molar-refractivity contribution >= 4 is 17.7 Å². The fourth-order valence-corrected chi connectivity index (χ4v) is 9.95. The first-order valence-corrected chi connectivity index (χ1v) is 20.7. The molecule has 4 nitrogen and oxygen atoms in total. The molecule has 3 unspecified atom stereocenters. The van der Waals surface area contributed by atoms with Gasteiger partial charge < -0.3 is 9.64 Å². The average molecular weight is 743 g/mol. The number of esters is 1. The molecule has 2 aliphatic carbocycles. The first-order valence-electron chi connectivity index (χ1n) is 19.6. The number of hydrogen-bond donors (Lipinski definition) is 0. The van der Waals surface area contributed by atoms with Gasteiger partial charge in [0.2, 0.25) is 0 Å². The summed E-state index contributed by atoms with van der Waals surface area (Å²) < 4.78 is 68.9. The highest BCUT2D eigenvalue weighted by Gasteiger charge is 2.56. The van der Waals surface area contributed by atoms with Crippen LogP contribution < -0.4 is 4.74 Å². The molecule has 0 radical (unpaired) electrons. The van der Waals surface area contributed by atoms with E-state index in [1.54, 1.807) is 0 Å². The predicted octanol–water partition coefficient (Wildman–Crippen LogP) is 10.9. The zero-order valence-electron chi connectivity index (χ0n) is 31.4. The number of carbonyl (C=O) groups excluding carboxylic acids is 1. The van der Waals surface area contributed by atoms with Crippen LogP contribution in [0.3, 0.4) is 0 Å². The maximum atomic E-state index is 13.0. The molecule has 1 aliphatic heterocycles. The van der Waals surface area contributed by atoms with Crippen molar-refractivity contribution in [2.45, 2.75) is 128 Å². The number of allylic oxidation sites excluding steroid dienone is 1. The Balaban J connectivity index is 1.25. The molecule has 51 heavy (non-hydrogen) atoms. The summed E-state index contributed by atoms with van der Waals surface area (Å²) in [7, 11) is 2.11. The Bertz CT molecular complexity index is 1230. The highest BCUT2D eigenvalue weighted by atomic mass is 32.2. The molecule has 10 heteroatoms. The number of nitrogens with zero attached hydrogens (tertiary/aromatic N) is 2. The van der Waals surface area contributed by atoms with Crippen molar-refractivity contribution in [2.75, 3.05) is 51.3 Å². The summed E-state index contributed by atoms with van der Waals surface area (Å²) >= 11 is 1.48. The summed E-state index contributed by atoms with van der Waals surface area (Å²) in [4.78, 5) is 17.4. The SMILES string of the molecule is C=CCCC1C2C(CCC1(C)C)c1ccc(OC(=O)CN3CCN(C)CC3)cc1C[C@H]2CCCCCCCCCSCCCC(F)(F)C(F)(F)F. The molecule has 4 rings (SSSR count). The van der Waals surface area contributed by atoms with Crippen LogP contribution >= 0.6 is 11.8 Å². The molecule has 1 saturated carbocycles. The second-order valence-electron chi connectivity index (χ2n) is 16.2. The minimum atomic E-state index is -5.45. The van der Waals surface area contributed by atoms with Crippen molar-refractivity contribution < 1.29 is 31.5 Å². The Labute approximate surface area is 308 Å². The van der Waals surface area contributed by atoms with Crippen molar-refractivity contribution in [1.29, 1.82) is 0 Å². The average Bonchev–Trinajstić information content (AvgIpc) is 3.06. The van der Waals surface area contributed by atoms with Gasteiger partial charge >= 0.3 is 18.1 Å². The lowest BCUT2D eigenvalue weighted by atomic mass is 9.51. The third kappa shape index (κ3) is 12.4. The fraction of sp³-hybridized carbons (Fsp3) is 0.780. The number of thioether (sulfide) groups is 1. The minimum absolute atomic E-state index is 0.121. The number of carbonyl (C=O) groups is 1. The van der Waals surface area contributed by atoms with E-state index in [9.17, 15) is 26.7 Å². The largest absolute Gasteiger partial charge is 0.453 e. The zero-order chi connectivity index (χ0) is 37.1. The second kappa shape index (κ2) is 19.6. The van der Waals surface area contributed by atoms with Crippen LogP contribution in [-0.2, 0) is 11.2 Å². The third-order valence-corrected chi connectivity index (χ3v) is 13.1. The standard InChI is InChI=1S/C41H63F5N2O2S/c1-5-6-16-36-38-31(15-12-10-8-7-9-11-13-26-51-27-14-20-40(42,43)41(44,45)46)28-32-29-33(17-18-34(32)35(38)19-21-39(36,2)3)50-37(49)30-48-24-22-47(4)23-25-48/h5,17-18,29,31,35-36,38H,1,6-16,19-28,30H2,2-4H3/t31-,35?,36?,38?/m1/s1. The van der Waals surface area contributed by atoms with Gasteiger partial charge in [0.05, 0.1) is 6.54 Å². The third-order valence-electron chi connectivity index (χ3n) is 12.0. The van der Waals surface area contributed by atoms with Crippen molar-refractivity contribution in [3.63, 3.8) is 0 Å². The molecule has 2 fully saturated rings. The number of likely N-dealkylation sites (N-methyl/N-ethyl adjacent to an activating group) is 1. The van der Waals surface area contributed by atoms with Crippen LogP contribution in [0.5, 0.6) is 5.75 Å². The van der Waals surface area contributed by atoms with Crippen molar-refractivity contribution in [2.24, 2.45) is 23.2 Å². The van der Waals surface area contributed by atoms with Crippen LogP contribution in [0.25, 0.3) is 0 Å². The molecule has 0 aromatic heterocycles. The summed E-state index contributed by atoms with van der Waals surface area (Å²) in [6.07, 6.45) is 10.2. The van der Waals surface area contributed by atoms with E-state index >= 15 is 0 Å². The van der Waals surface area contributed by atoms with Crippen molar-refractivity contribution in [1.82, 2.24) is 9.80 Å². The Kier molecular flexibility index (Phi) is 16.2. The predicted molar refractivity (Wildman–Crippen MR) is 200 cm³/mol. The van der Waals surface area contributed by atoms with E-state index < -0.39 is 18.5 Å². The van der Waals surface area contributed by atoms with E-state index in [0.717, 1.165) is 64.0 Å². The Hall–Kier alpha value is -1.65. The molecule has 1 aromatic rings. The maximum absolute atomic E-state index is 13.0. The van der Waals surface area contributed by atoms with Gasteiger partial charge in [0.25, 0.3) is 0 Å². The van der Waals surface area contributed by atoms with Gasteiger partial charge in [-0.15, -0.1) is 6.58 Å². The number of ether oxygens (including phenoxy) is 1. The Morgan fingerprint density at radius 1 is 0.961 bits per heavy atom. The highest BCUT2D eigenvalue weighted by molar-refractivity contribution is 7.99. The first kappa shape index (κ1) is 42.1. The van der Waals surface area contributed by atoms with Crippen molar-refractivity contribution in [3.05, 3.63) is 42.0 Å². The summed E-state index contributed by atoms with van der Waals surface area (Å²) in [6, 6.07) is 6.44. The number of rotatable bonds is 20. The number of hydrogen-bond acceptors (Lipinski definition) is 5. The summed E-state index contributed by atoms with van der Waals surface area (Å²) in [5, 5.41) is 0. The molecule has 0 N–H and O–H groups in total. The van der Waals surface area contributed by atoms with Gasteiger partial charge in [-0.05, 0) is 122 Å². The summed E-state index contributed by atoms with van der Waals surface area (Å²) in [6.45, 7) is 13.0. The Morgan fingerprint density at radius 3 is 2.31 bits per heavy atom. The van der Waals surface area contributed by atoms with Gasteiger partial charge in [-0.25, -0.2) is 0 Å². The Morgan fingerprint density at radius 2 is 1.63 bits per heavy atom. The molecule has 3 aliphatic rings. The number of alkyl halides is 5. The number of halogens is 5. The molecular formula is C41H63F5N2O2S. The molecular weight excluding hydrogens is 680 g/mol. The lowest BCUT2D eigenvalue weighted by molar-refractivity contribution is -0.284. The van der Waals surface area contributed by atoms with Crippen LogP contribution in [0.15, 0.2) is 30.9 Å². The van der Waals surface area contributed by atoms with Gasteiger partial charge in [0.1, 0.15) is 5.75 Å². The lowest BCUT2D eigenvalue weighted by Gasteiger charge is -2.54. The van der Waals surface area contributed by atoms with Gasteiger partial charge in [-0.2, -0.15) is 33.7 Å². The van der Waals surface area contributed by atoms with Crippen LogP contribution in [0.2, 0.25) is 0 Å². The highest BCUT2D eigenvalue weighted by Crippen LogP contribution is 2.58. The number of piperazine rings is 1. The zero-order valence-corrected chi connectivity index (χ0v) is 32.2. The summed E-state index contributed by atoms with van der Waals surface area (Å²) in [5.74, 6) is -0.515. The van der Waals surface area contributed by atoms with Gasteiger partial charge in [0.15, 0.2) is 0 Å². The number of unbranched alkanes of at least 4 members (excludes halogenated alkanes) is 6. The summed E-state index contributed by atoms with van der Waals surface area (Å²) in [5.41, 5.74) is 3.12. The molecule has 0 amide bonds. The van der Waals surface area contributed by atoms with Gasteiger partial charge in [-0.3, -0.25) is 9.69 Å². The molecule has 1 heterocycles. The van der Waals surface area contributed by atoms with E-state index in [-0.39, 0.29) is 12.4 Å². The van der Waals surface area contributed by atoms with Crippen LogP contribution in [-0.4, -0.2) is 79.1 Å². The molecule has 290 valence electrons. The van der Waals surface area contributed by atoms with E-state index in [1.807, 2.05) is 6.07 Å². The smallest absolute Gasteiger partial charge is 0.426 e. The quantitative estimate of drug-likeness (QED) is 0.0437. The molecule has 0 bridgehead atoms. The van der Waals surface area contributed by atoms with E-state index in [2.05, 4.69) is 55.5 Å². The molecule has 4 atom stereocenters. The molecule has 0 spiro atoms. The van der Waals surface area contributed by atoms with Gasteiger partial charge in [0, 0.05) is 32.6 Å². The monoisotopic (exact) mass is 742 g/mol. The van der Waals surface area contributed by atoms with Gasteiger partial charge in [-0.1, -0.05) is 64.5 Å². The van der Waals surface area contributed by atoms with Crippen molar-refractivity contribution in [3.8, 4) is 5.75 Å².